The van der Waals surface area contributed by atoms with Crippen molar-refractivity contribution in [1.82, 2.24) is 0 Å². The molecular formula is C15H14N2O3. The lowest BCUT2D eigenvalue weighted by atomic mass is 10.2. The second-order valence-electron chi connectivity index (χ2n) is 4.57. The molecule has 2 aromatic carbocycles. The molecule has 2 aromatic rings. The number of phenolic OH excluding ortho intramolecular Hbond substituents is 1. The summed E-state index contributed by atoms with van der Waals surface area (Å²) < 4.78 is 5.36. The van der Waals surface area contributed by atoms with E-state index in [1.54, 1.807) is 12.1 Å². The van der Waals surface area contributed by atoms with Gasteiger partial charge in [-0.25, -0.2) is 0 Å². The van der Waals surface area contributed by atoms with E-state index in [1.165, 1.54) is 0 Å². The Labute approximate surface area is 116 Å². The predicted molar refractivity (Wildman–Crippen MR) is 76.0 cm³/mol. The first kappa shape index (κ1) is 12.3. The third kappa shape index (κ3) is 2.66. The molecule has 0 atom stereocenters. The maximum Gasteiger partial charge on any atom is 0.262 e. The molecular weight excluding hydrogens is 256 g/mol. The van der Waals surface area contributed by atoms with Crippen molar-refractivity contribution in [2.45, 2.75) is 6.54 Å². The second kappa shape index (κ2) is 5.13. The molecule has 0 bridgehead atoms. The summed E-state index contributed by atoms with van der Waals surface area (Å²) in [6.45, 7) is 0.694. The van der Waals surface area contributed by atoms with Gasteiger partial charge < -0.3 is 20.5 Å². The van der Waals surface area contributed by atoms with Gasteiger partial charge in [0.15, 0.2) is 6.61 Å². The summed E-state index contributed by atoms with van der Waals surface area (Å²) in [6.07, 6.45) is 0. The molecule has 102 valence electrons. The zero-order valence-corrected chi connectivity index (χ0v) is 10.7. The molecule has 20 heavy (non-hydrogen) atoms. The number of phenols is 1. The molecule has 0 saturated carbocycles. The Kier molecular flexibility index (Phi) is 3.16. The minimum Gasteiger partial charge on any atom is -0.508 e. The van der Waals surface area contributed by atoms with E-state index in [2.05, 4.69) is 10.6 Å². The Hall–Kier alpha value is -2.69. The quantitative estimate of drug-likeness (QED) is 0.800. The van der Waals surface area contributed by atoms with Crippen LogP contribution in [0.3, 0.4) is 0 Å². The van der Waals surface area contributed by atoms with Gasteiger partial charge in [0.05, 0.1) is 5.69 Å². The van der Waals surface area contributed by atoms with Crippen LogP contribution in [-0.4, -0.2) is 17.6 Å². The summed E-state index contributed by atoms with van der Waals surface area (Å²) in [5.41, 5.74) is 2.67. The van der Waals surface area contributed by atoms with Crippen LogP contribution in [0.25, 0.3) is 0 Å². The molecule has 5 heteroatoms. The van der Waals surface area contributed by atoms with Gasteiger partial charge in [0.2, 0.25) is 0 Å². The maximum atomic E-state index is 11.2. The van der Waals surface area contributed by atoms with Gasteiger partial charge in [-0.3, -0.25) is 4.79 Å². The molecule has 5 nitrogen and oxygen atoms in total. The third-order valence-electron chi connectivity index (χ3n) is 3.05. The fourth-order valence-corrected chi connectivity index (χ4v) is 2.00. The number of nitrogens with one attached hydrogen (secondary N) is 2. The van der Waals surface area contributed by atoms with Crippen LogP contribution in [0.2, 0.25) is 0 Å². The van der Waals surface area contributed by atoms with E-state index in [0.29, 0.717) is 18.0 Å². The van der Waals surface area contributed by atoms with Crippen molar-refractivity contribution in [2.24, 2.45) is 0 Å². The van der Waals surface area contributed by atoms with Crippen molar-refractivity contribution >= 4 is 17.3 Å². The SMILES string of the molecule is O=C1COc2cc(NCc3ccc(O)cc3)ccc2N1. The van der Waals surface area contributed by atoms with E-state index in [4.69, 9.17) is 4.74 Å². The molecule has 1 amide bonds. The minimum absolute atomic E-state index is 0.0500. The van der Waals surface area contributed by atoms with Crippen molar-refractivity contribution in [1.29, 1.82) is 0 Å². The number of benzene rings is 2. The van der Waals surface area contributed by atoms with Crippen LogP contribution < -0.4 is 15.4 Å². The summed E-state index contributed by atoms with van der Waals surface area (Å²) in [5, 5.41) is 15.2. The van der Waals surface area contributed by atoms with Crippen molar-refractivity contribution in [3.63, 3.8) is 0 Å². The number of anilines is 2. The number of carbonyl (C=O) groups excluding carboxylic acids is 1. The summed E-state index contributed by atoms with van der Waals surface area (Å²) in [6, 6.07) is 12.6. The molecule has 1 heterocycles. The molecule has 0 aromatic heterocycles. The minimum atomic E-state index is -0.137. The molecule has 0 spiro atoms. The highest BCUT2D eigenvalue weighted by atomic mass is 16.5. The molecule has 3 rings (SSSR count). The largest absolute Gasteiger partial charge is 0.508 e. The summed E-state index contributed by atoms with van der Waals surface area (Å²) in [4.78, 5) is 11.2. The number of ether oxygens (including phenoxy) is 1. The van der Waals surface area contributed by atoms with Crippen LogP contribution in [0.5, 0.6) is 11.5 Å². The lowest BCUT2D eigenvalue weighted by molar-refractivity contribution is -0.118. The average Bonchev–Trinajstić information content (AvgIpc) is 2.46. The second-order valence-corrected chi connectivity index (χ2v) is 4.57. The lowest BCUT2D eigenvalue weighted by Gasteiger charge is -2.18. The monoisotopic (exact) mass is 270 g/mol. The van der Waals surface area contributed by atoms with Gasteiger partial charge in [0, 0.05) is 18.3 Å². The van der Waals surface area contributed by atoms with Gasteiger partial charge in [-0.05, 0) is 29.8 Å². The van der Waals surface area contributed by atoms with Gasteiger partial charge >= 0.3 is 0 Å². The highest BCUT2D eigenvalue weighted by molar-refractivity contribution is 5.95. The first-order valence-corrected chi connectivity index (χ1v) is 6.29. The van der Waals surface area contributed by atoms with Gasteiger partial charge in [-0.2, -0.15) is 0 Å². The van der Waals surface area contributed by atoms with E-state index in [-0.39, 0.29) is 18.3 Å². The van der Waals surface area contributed by atoms with Gasteiger partial charge in [-0.15, -0.1) is 0 Å². The number of rotatable bonds is 3. The topological polar surface area (TPSA) is 70.6 Å². The number of amides is 1. The smallest absolute Gasteiger partial charge is 0.262 e. The zero-order valence-electron chi connectivity index (χ0n) is 10.7. The zero-order chi connectivity index (χ0) is 13.9. The standard InChI is InChI=1S/C15H14N2O3/c18-12-4-1-10(2-5-12)8-16-11-3-6-13-14(7-11)20-9-15(19)17-13/h1-7,16,18H,8-9H2,(H,17,19). The summed E-state index contributed by atoms with van der Waals surface area (Å²) >= 11 is 0. The molecule has 1 aliphatic rings. The summed E-state index contributed by atoms with van der Waals surface area (Å²) in [5.74, 6) is 0.786. The van der Waals surface area contributed by atoms with Crippen LogP contribution in [0.1, 0.15) is 5.56 Å². The van der Waals surface area contributed by atoms with Crippen molar-refractivity contribution in [2.75, 3.05) is 17.2 Å². The first-order chi connectivity index (χ1) is 9.70. The van der Waals surface area contributed by atoms with Crippen LogP contribution in [0.4, 0.5) is 11.4 Å². The Balaban J connectivity index is 1.69. The molecule has 1 aliphatic heterocycles. The maximum absolute atomic E-state index is 11.2. The number of aromatic hydroxyl groups is 1. The first-order valence-electron chi connectivity index (χ1n) is 6.29. The van der Waals surface area contributed by atoms with Crippen LogP contribution >= 0.6 is 0 Å². The van der Waals surface area contributed by atoms with E-state index in [9.17, 15) is 9.90 Å². The van der Waals surface area contributed by atoms with Crippen LogP contribution in [-0.2, 0) is 11.3 Å². The number of carbonyl (C=O) groups is 1. The van der Waals surface area contributed by atoms with Crippen molar-refractivity contribution < 1.29 is 14.6 Å². The van der Waals surface area contributed by atoms with Gasteiger partial charge in [-0.1, -0.05) is 12.1 Å². The van der Waals surface area contributed by atoms with Crippen molar-refractivity contribution in [3.8, 4) is 11.5 Å². The van der Waals surface area contributed by atoms with Gasteiger partial charge in [0.1, 0.15) is 11.5 Å². The van der Waals surface area contributed by atoms with E-state index in [0.717, 1.165) is 11.3 Å². The van der Waals surface area contributed by atoms with Crippen LogP contribution in [0, 0.1) is 0 Å². The Morgan fingerprint density at radius 3 is 2.80 bits per heavy atom. The van der Waals surface area contributed by atoms with Gasteiger partial charge in [0.25, 0.3) is 5.91 Å². The van der Waals surface area contributed by atoms with E-state index < -0.39 is 0 Å². The molecule has 0 aliphatic carbocycles. The molecule has 3 N–H and O–H groups in total. The predicted octanol–water partition coefficient (Wildman–Crippen LogP) is 2.34. The molecule has 0 unspecified atom stereocenters. The lowest BCUT2D eigenvalue weighted by Crippen LogP contribution is -2.25. The third-order valence-corrected chi connectivity index (χ3v) is 3.05. The normalized spacial score (nSPS) is 13.1. The Morgan fingerprint density at radius 1 is 1.20 bits per heavy atom. The summed E-state index contributed by atoms with van der Waals surface area (Å²) in [7, 11) is 0. The Bertz CT molecular complexity index is 638. The fraction of sp³-hybridized carbons (Fsp3) is 0.133. The molecule has 0 fully saturated rings. The number of fused-ring (bicyclic) bond motifs is 1. The van der Waals surface area contributed by atoms with Crippen LogP contribution in [0.15, 0.2) is 42.5 Å². The highest BCUT2D eigenvalue weighted by Gasteiger charge is 2.15. The number of hydrogen-bond donors (Lipinski definition) is 3. The average molecular weight is 270 g/mol. The molecule has 0 saturated heterocycles. The van der Waals surface area contributed by atoms with Crippen molar-refractivity contribution in [3.05, 3.63) is 48.0 Å². The number of hydrogen-bond acceptors (Lipinski definition) is 4. The molecule has 0 radical (unpaired) electrons. The fourth-order valence-electron chi connectivity index (χ4n) is 2.00. The Morgan fingerprint density at radius 2 is 2.00 bits per heavy atom. The van der Waals surface area contributed by atoms with E-state index in [1.807, 2.05) is 30.3 Å². The highest BCUT2D eigenvalue weighted by Crippen LogP contribution is 2.30. The van der Waals surface area contributed by atoms with E-state index >= 15 is 0 Å².